The van der Waals surface area contributed by atoms with E-state index >= 15 is 0 Å². The lowest BCUT2D eigenvalue weighted by molar-refractivity contribution is -0.142. The van der Waals surface area contributed by atoms with Crippen molar-refractivity contribution in [2.24, 2.45) is 0 Å². The maximum absolute atomic E-state index is 13.5. The van der Waals surface area contributed by atoms with E-state index in [-0.39, 0.29) is 30.0 Å². The summed E-state index contributed by atoms with van der Waals surface area (Å²) in [6.07, 6.45) is 4.38. The number of aryl methyl sites for hydroxylation is 1. The molecule has 190 valence electrons. The van der Waals surface area contributed by atoms with Crippen molar-refractivity contribution in [1.82, 2.24) is 15.5 Å². The molecule has 0 radical (unpaired) electrons. The number of benzene rings is 1. The lowest BCUT2D eigenvalue weighted by Crippen LogP contribution is -2.54. The highest BCUT2D eigenvalue weighted by Gasteiger charge is 2.36. The van der Waals surface area contributed by atoms with Crippen LogP contribution in [0.4, 0.5) is 4.79 Å². The van der Waals surface area contributed by atoms with Crippen LogP contribution in [0.1, 0.15) is 77.0 Å². The Kier molecular flexibility index (Phi) is 10.1. The summed E-state index contributed by atoms with van der Waals surface area (Å²) in [5.74, 6) is -0.551. The third kappa shape index (κ3) is 7.82. The first kappa shape index (κ1) is 27.8. The molecular weight excluding hydrogens is 454 g/mol. The summed E-state index contributed by atoms with van der Waals surface area (Å²) >= 11 is 4.27. The molecule has 0 aliphatic heterocycles. The zero-order chi connectivity index (χ0) is 25.5. The average molecular weight is 494 g/mol. The van der Waals surface area contributed by atoms with Crippen molar-refractivity contribution in [1.29, 1.82) is 0 Å². The molecule has 3 N–H and O–H groups in total. The van der Waals surface area contributed by atoms with E-state index in [1.807, 2.05) is 0 Å². The van der Waals surface area contributed by atoms with E-state index in [2.05, 4.69) is 23.3 Å². The Labute approximate surface area is 208 Å². The molecule has 1 aromatic carbocycles. The third-order valence-corrected chi connectivity index (χ3v) is 6.21. The molecule has 1 aliphatic carbocycles. The number of phenols is 1. The summed E-state index contributed by atoms with van der Waals surface area (Å²) in [5.41, 5.74) is 0.480. The van der Waals surface area contributed by atoms with Crippen molar-refractivity contribution in [3.8, 4) is 5.75 Å². The van der Waals surface area contributed by atoms with E-state index in [4.69, 9.17) is 4.74 Å². The van der Waals surface area contributed by atoms with Crippen LogP contribution in [0.3, 0.4) is 0 Å². The Bertz CT molecular complexity index is 865. The van der Waals surface area contributed by atoms with Crippen LogP contribution in [-0.4, -0.2) is 57.9 Å². The minimum Gasteiger partial charge on any atom is -0.508 e. The number of alkyl carbamates (subject to hydrolysis) is 1. The van der Waals surface area contributed by atoms with Gasteiger partial charge in [0.1, 0.15) is 23.4 Å². The fourth-order valence-corrected chi connectivity index (χ4v) is 4.40. The molecule has 8 nitrogen and oxygen atoms in total. The van der Waals surface area contributed by atoms with Gasteiger partial charge in [0.25, 0.3) is 0 Å². The van der Waals surface area contributed by atoms with Gasteiger partial charge >= 0.3 is 6.09 Å². The van der Waals surface area contributed by atoms with Crippen molar-refractivity contribution in [2.45, 2.75) is 90.4 Å². The number of rotatable bonds is 8. The molecule has 2 atom stereocenters. The lowest BCUT2D eigenvalue weighted by atomic mass is 9.94. The Hall–Kier alpha value is -2.42. The summed E-state index contributed by atoms with van der Waals surface area (Å²) in [6.45, 7) is 8.98. The third-order valence-electron chi connectivity index (χ3n) is 5.84. The van der Waals surface area contributed by atoms with E-state index in [9.17, 15) is 19.5 Å². The standard InChI is InChI=1S/C25H39N3O5S/c1-6-28(23(31)19(15-34)27-24(32)33-25(3,4)5)21(17-12-13-20(29)16(2)14-17)22(30)26-18-10-8-7-9-11-18/h12-14,18-19,21,29,34H,6-11,15H2,1-5H3,(H,26,30)(H,27,32). The zero-order valence-corrected chi connectivity index (χ0v) is 21.8. The Balaban J connectivity index is 2.34. The molecule has 2 rings (SSSR count). The number of hydrogen-bond donors (Lipinski definition) is 4. The number of thiol groups is 1. The Morgan fingerprint density at radius 3 is 2.38 bits per heavy atom. The number of aromatic hydroxyl groups is 1. The smallest absolute Gasteiger partial charge is 0.408 e. The topological polar surface area (TPSA) is 108 Å². The number of phenolic OH excluding ortho intramolecular Hbond substituents is 1. The molecule has 2 unspecified atom stereocenters. The number of amides is 3. The molecule has 1 aromatic rings. The van der Waals surface area contributed by atoms with Crippen LogP contribution < -0.4 is 10.6 Å². The van der Waals surface area contributed by atoms with E-state index in [0.29, 0.717) is 11.1 Å². The van der Waals surface area contributed by atoms with Crippen LogP contribution in [0.5, 0.6) is 5.75 Å². The largest absolute Gasteiger partial charge is 0.508 e. The average Bonchev–Trinajstić information content (AvgIpc) is 2.76. The van der Waals surface area contributed by atoms with Gasteiger partial charge in [-0.15, -0.1) is 0 Å². The van der Waals surface area contributed by atoms with Gasteiger partial charge in [-0.25, -0.2) is 4.79 Å². The fourth-order valence-electron chi connectivity index (χ4n) is 4.15. The van der Waals surface area contributed by atoms with Crippen LogP contribution in [0.25, 0.3) is 0 Å². The monoisotopic (exact) mass is 493 g/mol. The van der Waals surface area contributed by atoms with Crippen LogP contribution >= 0.6 is 12.6 Å². The number of likely N-dealkylation sites (N-methyl/N-ethyl adjacent to an activating group) is 1. The quantitative estimate of drug-likeness (QED) is 0.411. The van der Waals surface area contributed by atoms with E-state index < -0.39 is 29.7 Å². The van der Waals surface area contributed by atoms with Crippen molar-refractivity contribution in [2.75, 3.05) is 12.3 Å². The molecule has 0 spiro atoms. The van der Waals surface area contributed by atoms with Gasteiger partial charge in [-0.3, -0.25) is 9.59 Å². The Morgan fingerprint density at radius 1 is 1.21 bits per heavy atom. The SMILES string of the molecule is CCN(C(=O)C(CS)NC(=O)OC(C)(C)C)C(C(=O)NC1CCCCC1)c1ccc(O)c(C)c1. The first-order valence-electron chi connectivity index (χ1n) is 12.0. The van der Waals surface area contributed by atoms with Crippen LogP contribution in [0.2, 0.25) is 0 Å². The minimum absolute atomic E-state index is 0.0418. The van der Waals surface area contributed by atoms with Crippen molar-refractivity contribution >= 4 is 30.5 Å². The second-order valence-corrected chi connectivity index (χ2v) is 10.2. The molecule has 1 aliphatic rings. The molecular formula is C25H39N3O5S. The predicted octanol–water partition coefficient (Wildman–Crippen LogP) is 3.86. The van der Waals surface area contributed by atoms with Gasteiger partial charge in [0.05, 0.1) is 0 Å². The molecule has 3 amide bonds. The summed E-state index contributed by atoms with van der Waals surface area (Å²) in [6, 6.07) is 3.08. The number of nitrogens with zero attached hydrogens (tertiary/aromatic N) is 1. The molecule has 34 heavy (non-hydrogen) atoms. The highest BCUT2D eigenvalue weighted by atomic mass is 32.1. The van der Waals surface area contributed by atoms with Crippen LogP contribution in [-0.2, 0) is 14.3 Å². The molecule has 0 aromatic heterocycles. The van der Waals surface area contributed by atoms with Gasteiger partial charge in [-0.1, -0.05) is 25.3 Å². The zero-order valence-electron chi connectivity index (χ0n) is 20.9. The second kappa shape index (κ2) is 12.3. The maximum atomic E-state index is 13.5. The van der Waals surface area contributed by atoms with E-state index in [1.165, 1.54) is 11.0 Å². The summed E-state index contributed by atoms with van der Waals surface area (Å²) < 4.78 is 5.29. The van der Waals surface area contributed by atoms with Crippen molar-refractivity contribution in [3.63, 3.8) is 0 Å². The van der Waals surface area contributed by atoms with E-state index in [1.54, 1.807) is 46.8 Å². The van der Waals surface area contributed by atoms with Crippen LogP contribution in [0, 0.1) is 6.92 Å². The second-order valence-electron chi connectivity index (χ2n) is 9.80. The first-order valence-corrected chi connectivity index (χ1v) is 12.6. The lowest BCUT2D eigenvalue weighted by Gasteiger charge is -2.35. The Morgan fingerprint density at radius 2 is 1.85 bits per heavy atom. The number of nitrogens with one attached hydrogen (secondary N) is 2. The van der Waals surface area contributed by atoms with E-state index in [0.717, 1.165) is 32.1 Å². The normalized spacial score (nSPS) is 16.3. The molecule has 1 fully saturated rings. The van der Waals surface area contributed by atoms with Gasteiger partial charge in [0, 0.05) is 18.3 Å². The summed E-state index contributed by atoms with van der Waals surface area (Å²) in [5, 5.41) is 15.7. The van der Waals surface area contributed by atoms with Crippen molar-refractivity contribution in [3.05, 3.63) is 29.3 Å². The molecule has 0 saturated heterocycles. The molecule has 9 heteroatoms. The van der Waals surface area contributed by atoms with Gasteiger partial charge in [-0.2, -0.15) is 12.6 Å². The molecule has 1 saturated carbocycles. The summed E-state index contributed by atoms with van der Waals surface area (Å²) in [4.78, 5) is 40.8. The van der Waals surface area contributed by atoms with Crippen LogP contribution in [0.15, 0.2) is 18.2 Å². The molecule has 0 bridgehead atoms. The number of carbonyl (C=O) groups is 3. The predicted molar refractivity (Wildman–Crippen MR) is 135 cm³/mol. The fraction of sp³-hybridized carbons (Fsp3) is 0.640. The van der Waals surface area contributed by atoms with Gasteiger partial charge in [-0.05, 0) is 70.7 Å². The summed E-state index contributed by atoms with van der Waals surface area (Å²) in [7, 11) is 0. The van der Waals surface area contributed by atoms with Gasteiger partial charge in [0.2, 0.25) is 11.8 Å². The minimum atomic E-state index is -0.971. The highest BCUT2D eigenvalue weighted by Crippen LogP contribution is 2.28. The van der Waals surface area contributed by atoms with Crippen molar-refractivity contribution < 1.29 is 24.2 Å². The number of carbonyl (C=O) groups excluding carboxylic acids is 3. The number of ether oxygens (including phenoxy) is 1. The molecule has 0 heterocycles. The maximum Gasteiger partial charge on any atom is 0.408 e. The van der Waals surface area contributed by atoms with Gasteiger partial charge in [0.15, 0.2) is 0 Å². The first-order chi connectivity index (χ1) is 16.0. The van der Waals surface area contributed by atoms with Gasteiger partial charge < -0.3 is 25.4 Å². The number of hydrogen-bond acceptors (Lipinski definition) is 6. The highest BCUT2D eigenvalue weighted by molar-refractivity contribution is 7.80.